The van der Waals surface area contributed by atoms with Gasteiger partial charge in [-0.3, -0.25) is 14.5 Å². The predicted molar refractivity (Wildman–Crippen MR) is 218 cm³/mol. The molecule has 0 bridgehead atoms. The van der Waals surface area contributed by atoms with E-state index in [4.69, 9.17) is 37.9 Å². The van der Waals surface area contributed by atoms with Crippen LogP contribution in [0.4, 0.5) is 0 Å². The lowest BCUT2D eigenvalue weighted by Crippen LogP contribution is -2.59. The SMILES string of the molecule is CC[C@H]1CCC[C@H](O[C@H]2CC[C@H](N(C)Cc3ccccc3)C(C)O2)[C@@H](C)C(=O)C2=C[C@@H]3[C@@H](C=C[C@@H]4C[C@@H](O[C@@H]5OC(C)[C@H](OC)C(OC)[C@@H]5OC)C[C@@H]34)[C@@H]2CC(=O)O1. The maximum Gasteiger partial charge on any atom is 0.306 e. The normalized spacial score (nSPS) is 42.2. The van der Waals surface area contributed by atoms with E-state index >= 15 is 0 Å². The molecule has 11 heteroatoms. The highest BCUT2D eigenvalue weighted by atomic mass is 16.7. The molecule has 0 N–H and O–H groups in total. The molecule has 3 aliphatic heterocycles. The van der Waals surface area contributed by atoms with Gasteiger partial charge < -0.3 is 37.9 Å². The number of likely N-dealkylation sites (N-methyl/N-ethyl adjacent to an activating group) is 1. The van der Waals surface area contributed by atoms with E-state index in [-0.39, 0.29) is 109 Å². The van der Waals surface area contributed by atoms with E-state index in [9.17, 15) is 9.59 Å². The van der Waals surface area contributed by atoms with Crippen molar-refractivity contribution in [2.75, 3.05) is 28.4 Å². The summed E-state index contributed by atoms with van der Waals surface area (Å²) in [5, 5.41) is 0. The molecule has 3 saturated heterocycles. The number of fused-ring (bicyclic) bond motifs is 5. The zero-order valence-corrected chi connectivity index (χ0v) is 36.0. The minimum atomic E-state index is -0.601. The maximum absolute atomic E-state index is 14.8. The van der Waals surface area contributed by atoms with E-state index in [0.29, 0.717) is 6.42 Å². The highest BCUT2D eigenvalue weighted by molar-refractivity contribution is 5.99. The average molecular weight is 808 g/mol. The molecule has 17 atom stereocenters. The molecule has 58 heavy (non-hydrogen) atoms. The van der Waals surface area contributed by atoms with Crippen molar-refractivity contribution < 1.29 is 47.5 Å². The third kappa shape index (κ3) is 9.37. The first-order valence-electron chi connectivity index (χ1n) is 22.1. The summed E-state index contributed by atoms with van der Waals surface area (Å²) in [6, 6.07) is 10.8. The largest absolute Gasteiger partial charge is 0.462 e. The molecule has 1 aromatic rings. The summed E-state index contributed by atoms with van der Waals surface area (Å²) in [7, 11) is 7.14. The first-order valence-corrected chi connectivity index (χ1v) is 22.1. The van der Waals surface area contributed by atoms with Crippen molar-refractivity contribution in [3.8, 4) is 0 Å². The molecule has 3 heterocycles. The van der Waals surface area contributed by atoms with Crippen molar-refractivity contribution in [1.82, 2.24) is 4.90 Å². The second-order valence-electron chi connectivity index (χ2n) is 17.9. The lowest BCUT2D eigenvalue weighted by Gasteiger charge is -2.44. The van der Waals surface area contributed by atoms with Gasteiger partial charge in [-0.15, -0.1) is 0 Å². The molecule has 0 spiro atoms. The fourth-order valence-electron chi connectivity index (χ4n) is 11.3. The summed E-state index contributed by atoms with van der Waals surface area (Å²) in [5.41, 5.74) is 2.04. The molecular formula is C47H69NO10. The average Bonchev–Trinajstić information content (AvgIpc) is 3.80. The molecule has 0 radical (unpaired) electrons. The van der Waals surface area contributed by atoms with E-state index in [2.05, 4.69) is 68.3 Å². The van der Waals surface area contributed by atoms with Gasteiger partial charge in [-0.1, -0.05) is 62.4 Å². The molecule has 0 amide bonds. The quantitative estimate of drug-likeness (QED) is 0.169. The Morgan fingerprint density at radius 2 is 1.57 bits per heavy atom. The number of rotatable bonds is 11. The smallest absolute Gasteiger partial charge is 0.306 e. The number of Topliss-reactive ketones (excluding diaryl/α,β-unsaturated/α-hetero) is 1. The lowest BCUT2D eigenvalue weighted by molar-refractivity contribution is -0.314. The molecule has 3 aliphatic carbocycles. The first kappa shape index (κ1) is 43.6. The Hall–Kier alpha value is -2.48. The molecule has 1 saturated carbocycles. The van der Waals surface area contributed by atoms with Crippen LogP contribution in [-0.2, 0) is 54.0 Å². The van der Waals surface area contributed by atoms with Crippen LogP contribution in [0.15, 0.2) is 54.1 Å². The first-order chi connectivity index (χ1) is 28.0. The molecule has 1 aromatic carbocycles. The monoisotopic (exact) mass is 807 g/mol. The van der Waals surface area contributed by atoms with Crippen LogP contribution in [0.25, 0.3) is 0 Å². The third-order valence-corrected chi connectivity index (χ3v) is 14.4. The summed E-state index contributed by atoms with van der Waals surface area (Å²) >= 11 is 0. The Kier molecular flexibility index (Phi) is 14.7. The minimum absolute atomic E-state index is 0.0188. The van der Waals surface area contributed by atoms with Gasteiger partial charge in [0.25, 0.3) is 0 Å². The van der Waals surface area contributed by atoms with Crippen molar-refractivity contribution in [3.05, 3.63) is 59.7 Å². The van der Waals surface area contributed by atoms with E-state index in [0.717, 1.165) is 57.1 Å². The van der Waals surface area contributed by atoms with E-state index in [1.54, 1.807) is 21.3 Å². The number of benzene rings is 1. The number of methoxy groups -OCH3 is 3. The van der Waals surface area contributed by atoms with Crippen LogP contribution in [0.5, 0.6) is 0 Å². The zero-order valence-electron chi connectivity index (χ0n) is 36.0. The summed E-state index contributed by atoms with van der Waals surface area (Å²) in [6.07, 6.45) is 10.5. The summed E-state index contributed by atoms with van der Waals surface area (Å²) in [4.78, 5) is 30.8. The third-order valence-electron chi connectivity index (χ3n) is 14.4. The van der Waals surface area contributed by atoms with Crippen LogP contribution in [0.3, 0.4) is 0 Å². The Balaban J connectivity index is 1.06. The van der Waals surface area contributed by atoms with Gasteiger partial charge in [0.2, 0.25) is 0 Å². The fourth-order valence-corrected chi connectivity index (χ4v) is 11.3. The number of carbonyl (C=O) groups excluding carboxylic acids is 2. The highest BCUT2D eigenvalue weighted by Gasteiger charge is 2.52. The molecule has 4 fully saturated rings. The summed E-state index contributed by atoms with van der Waals surface area (Å²) in [5.74, 6) is -0.0689. The topological polar surface area (TPSA) is 111 Å². The molecule has 0 aromatic heterocycles. The van der Waals surface area contributed by atoms with Gasteiger partial charge in [0, 0.05) is 45.8 Å². The number of allylic oxidation sites excluding steroid dienone is 4. The molecule has 11 nitrogen and oxygen atoms in total. The van der Waals surface area contributed by atoms with Gasteiger partial charge in [0.1, 0.15) is 24.4 Å². The van der Waals surface area contributed by atoms with Gasteiger partial charge in [-0.05, 0) is 107 Å². The summed E-state index contributed by atoms with van der Waals surface area (Å²) in [6.45, 7) is 9.07. The molecule has 6 aliphatic rings. The molecule has 3 unspecified atom stereocenters. The van der Waals surface area contributed by atoms with Crippen LogP contribution >= 0.6 is 0 Å². The van der Waals surface area contributed by atoms with Gasteiger partial charge in [-0.25, -0.2) is 0 Å². The molecular weight excluding hydrogens is 739 g/mol. The van der Waals surface area contributed by atoms with Gasteiger partial charge >= 0.3 is 5.97 Å². The van der Waals surface area contributed by atoms with Gasteiger partial charge in [0.15, 0.2) is 18.4 Å². The van der Waals surface area contributed by atoms with Gasteiger partial charge in [-0.2, -0.15) is 0 Å². The van der Waals surface area contributed by atoms with Crippen molar-refractivity contribution in [2.45, 2.75) is 159 Å². The summed E-state index contributed by atoms with van der Waals surface area (Å²) < 4.78 is 50.0. The Morgan fingerprint density at radius 3 is 2.28 bits per heavy atom. The number of esters is 1. The second kappa shape index (κ2) is 19.5. The van der Waals surface area contributed by atoms with Crippen LogP contribution in [-0.4, -0.2) is 112 Å². The molecule has 322 valence electrons. The lowest BCUT2D eigenvalue weighted by atomic mass is 9.70. The number of hydrogen-bond donors (Lipinski definition) is 0. The van der Waals surface area contributed by atoms with Crippen LogP contribution in [0, 0.1) is 35.5 Å². The second-order valence-corrected chi connectivity index (χ2v) is 17.9. The fraction of sp³-hybridized carbons (Fsp3) is 0.745. The van der Waals surface area contributed by atoms with Crippen molar-refractivity contribution in [2.24, 2.45) is 35.5 Å². The number of ether oxygens (including phenoxy) is 8. The molecule has 7 rings (SSSR count). The zero-order chi connectivity index (χ0) is 41.1. The van der Waals surface area contributed by atoms with E-state index in [1.165, 1.54) is 5.56 Å². The number of hydrogen-bond acceptors (Lipinski definition) is 11. The Morgan fingerprint density at radius 1 is 0.810 bits per heavy atom. The van der Waals surface area contributed by atoms with Crippen molar-refractivity contribution >= 4 is 11.8 Å². The van der Waals surface area contributed by atoms with Crippen LogP contribution < -0.4 is 0 Å². The Labute approximate surface area is 346 Å². The number of carbonyl (C=O) groups is 2. The maximum atomic E-state index is 14.8. The van der Waals surface area contributed by atoms with Crippen LogP contribution in [0.2, 0.25) is 0 Å². The van der Waals surface area contributed by atoms with Crippen molar-refractivity contribution in [3.63, 3.8) is 0 Å². The Bertz CT molecular complexity index is 1590. The number of ketones is 1. The number of cyclic esters (lactones) is 1. The van der Waals surface area contributed by atoms with Crippen LogP contribution in [0.1, 0.15) is 91.0 Å². The van der Waals surface area contributed by atoms with Crippen molar-refractivity contribution in [1.29, 1.82) is 0 Å². The standard InChI is InChI=1S/C47H69NO10/c1-9-32-16-13-17-40(58-42-21-20-39(28(3)54-42)48(5)26-30-14-11-10-12-15-30)27(2)43(50)38-24-36-34(37(38)25-41(49)56-32)19-18-31-22-33(23-35(31)36)57-47-46(53-8)45(52-7)44(51-6)29(4)55-47/h10-12,14-15,18-19,24,27-29,31-37,39-40,42,44-47H,9,13,16-17,20-23,25-26H2,1-8H3/t27-,28?,29?,31-,32+,33-,34-,35-,36-,37+,39+,40+,42+,44+,45?,46+,47+/m1/s1. The van der Waals surface area contributed by atoms with Gasteiger partial charge in [0.05, 0.1) is 30.8 Å². The predicted octanol–water partition coefficient (Wildman–Crippen LogP) is 7.06. The van der Waals surface area contributed by atoms with E-state index in [1.807, 2.05) is 19.9 Å². The number of nitrogens with zero attached hydrogens (tertiary/aromatic N) is 1. The van der Waals surface area contributed by atoms with E-state index < -0.39 is 12.4 Å². The minimum Gasteiger partial charge on any atom is -0.462 e. The highest BCUT2D eigenvalue weighted by Crippen LogP contribution is 2.54.